The molecule has 7 nitrogen and oxygen atoms in total. The second kappa shape index (κ2) is 6.66. The Morgan fingerprint density at radius 1 is 1.25 bits per heavy atom. The van der Waals surface area contributed by atoms with Crippen LogP contribution in [0.4, 0.5) is 5.69 Å². The van der Waals surface area contributed by atoms with Crippen molar-refractivity contribution in [3.05, 3.63) is 47.5 Å². The zero-order chi connectivity index (χ0) is 17.1. The van der Waals surface area contributed by atoms with E-state index >= 15 is 0 Å². The minimum absolute atomic E-state index is 0.0864. The Bertz CT molecular complexity index is 866. The van der Waals surface area contributed by atoms with Crippen LogP contribution in [0.5, 0.6) is 0 Å². The van der Waals surface area contributed by atoms with Gasteiger partial charge in [0.05, 0.1) is 5.69 Å². The first-order valence-corrected chi connectivity index (χ1v) is 7.71. The molecule has 0 aliphatic rings. The predicted molar refractivity (Wildman–Crippen MR) is 89.4 cm³/mol. The molecular weight excluding hydrogens is 306 g/mol. The van der Waals surface area contributed by atoms with Crippen LogP contribution < -0.4 is 5.32 Å². The van der Waals surface area contributed by atoms with Gasteiger partial charge in [0.25, 0.3) is 5.89 Å². The number of hydrogen-bond acceptors (Lipinski definition) is 5. The molecule has 0 aliphatic heterocycles. The summed E-state index contributed by atoms with van der Waals surface area (Å²) in [5, 5.41) is 15.1. The van der Waals surface area contributed by atoms with E-state index in [-0.39, 0.29) is 12.3 Å². The van der Waals surface area contributed by atoms with Crippen LogP contribution in [0.1, 0.15) is 23.6 Å². The lowest BCUT2D eigenvalue weighted by molar-refractivity contribution is -0.116. The second-order valence-electron chi connectivity index (χ2n) is 5.71. The fraction of sp³-hybridized carbons (Fsp3) is 0.294. The number of amides is 1. The molecule has 124 valence electrons. The Morgan fingerprint density at radius 2 is 2.08 bits per heavy atom. The molecule has 0 bridgehead atoms. The van der Waals surface area contributed by atoms with Gasteiger partial charge in [-0.2, -0.15) is 5.10 Å². The molecule has 7 heteroatoms. The quantitative estimate of drug-likeness (QED) is 0.779. The molecule has 1 aromatic carbocycles. The first kappa shape index (κ1) is 15.9. The lowest BCUT2D eigenvalue weighted by Crippen LogP contribution is -2.12. The molecule has 0 spiro atoms. The normalized spacial score (nSPS) is 10.8. The highest BCUT2D eigenvalue weighted by atomic mass is 16.4. The summed E-state index contributed by atoms with van der Waals surface area (Å²) in [6.07, 6.45) is 0.668. The first-order chi connectivity index (χ1) is 11.5. The number of anilines is 1. The van der Waals surface area contributed by atoms with Crippen molar-refractivity contribution in [2.75, 3.05) is 5.32 Å². The third-order valence-corrected chi connectivity index (χ3v) is 3.56. The topological polar surface area (TPSA) is 85.8 Å². The van der Waals surface area contributed by atoms with E-state index in [9.17, 15) is 4.79 Å². The molecular formula is C17H19N5O2. The largest absolute Gasteiger partial charge is 0.419 e. The van der Waals surface area contributed by atoms with E-state index in [0.717, 1.165) is 22.6 Å². The van der Waals surface area contributed by atoms with Gasteiger partial charge in [0, 0.05) is 25.6 Å². The van der Waals surface area contributed by atoms with Gasteiger partial charge in [-0.25, -0.2) is 0 Å². The van der Waals surface area contributed by atoms with Gasteiger partial charge in [0.2, 0.25) is 11.8 Å². The fourth-order valence-corrected chi connectivity index (χ4v) is 2.44. The van der Waals surface area contributed by atoms with E-state index in [1.54, 1.807) is 4.68 Å². The highest BCUT2D eigenvalue weighted by Gasteiger charge is 2.14. The van der Waals surface area contributed by atoms with Crippen molar-refractivity contribution in [2.24, 2.45) is 7.05 Å². The predicted octanol–water partition coefficient (Wildman–Crippen LogP) is 2.66. The van der Waals surface area contributed by atoms with Gasteiger partial charge in [-0.1, -0.05) is 12.1 Å². The molecule has 0 aliphatic carbocycles. The average Bonchev–Trinajstić information content (AvgIpc) is 3.11. The van der Waals surface area contributed by atoms with Gasteiger partial charge < -0.3 is 9.73 Å². The summed E-state index contributed by atoms with van der Waals surface area (Å²) in [4.78, 5) is 12.0. The molecule has 0 saturated heterocycles. The third kappa shape index (κ3) is 3.68. The van der Waals surface area contributed by atoms with E-state index in [2.05, 4.69) is 20.6 Å². The van der Waals surface area contributed by atoms with Crippen molar-refractivity contribution in [2.45, 2.75) is 26.7 Å². The number of hydrogen-bond donors (Lipinski definition) is 1. The van der Waals surface area contributed by atoms with Gasteiger partial charge in [-0.15, -0.1) is 10.2 Å². The van der Waals surface area contributed by atoms with Crippen molar-refractivity contribution < 1.29 is 9.21 Å². The van der Waals surface area contributed by atoms with Crippen LogP contribution in [-0.2, 0) is 18.3 Å². The van der Waals surface area contributed by atoms with Crippen molar-refractivity contribution in [1.82, 2.24) is 20.0 Å². The van der Waals surface area contributed by atoms with Crippen LogP contribution in [0.15, 0.2) is 34.7 Å². The standard InChI is InChI=1S/C17H19N5O2/c1-11-5-4-6-13(9-11)18-15(23)7-8-16-19-20-17(24-16)14-10-12(2)21-22(14)3/h4-6,9-10H,7-8H2,1-3H3,(H,18,23). The molecule has 2 heterocycles. The number of aromatic nitrogens is 4. The Hall–Kier alpha value is -2.96. The summed E-state index contributed by atoms with van der Waals surface area (Å²) in [6.45, 7) is 3.88. The molecule has 0 atom stereocenters. The van der Waals surface area contributed by atoms with Gasteiger partial charge >= 0.3 is 0 Å². The number of benzene rings is 1. The van der Waals surface area contributed by atoms with E-state index < -0.39 is 0 Å². The van der Waals surface area contributed by atoms with Gasteiger partial charge in [0.15, 0.2) is 0 Å². The molecule has 2 aromatic heterocycles. The molecule has 1 amide bonds. The molecule has 3 aromatic rings. The lowest BCUT2D eigenvalue weighted by atomic mass is 10.2. The van der Waals surface area contributed by atoms with Crippen LogP contribution in [0, 0.1) is 13.8 Å². The van der Waals surface area contributed by atoms with Crippen LogP contribution >= 0.6 is 0 Å². The van der Waals surface area contributed by atoms with Crippen molar-refractivity contribution in [1.29, 1.82) is 0 Å². The summed E-state index contributed by atoms with van der Waals surface area (Å²) in [7, 11) is 1.82. The monoisotopic (exact) mass is 325 g/mol. The minimum Gasteiger partial charge on any atom is -0.419 e. The maximum absolute atomic E-state index is 12.0. The molecule has 0 unspecified atom stereocenters. The summed E-state index contributed by atoms with van der Waals surface area (Å²) in [5.74, 6) is 0.757. The molecule has 3 rings (SSSR count). The minimum atomic E-state index is -0.0864. The molecule has 1 N–H and O–H groups in total. The average molecular weight is 325 g/mol. The molecule has 24 heavy (non-hydrogen) atoms. The zero-order valence-corrected chi connectivity index (χ0v) is 13.9. The van der Waals surface area contributed by atoms with E-state index in [4.69, 9.17) is 4.42 Å². The highest BCUT2D eigenvalue weighted by molar-refractivity contribution is 5.90. The van der Waals surface area contributed by atoms with Crippen molar-refractivity contribution >= 4 is 11.6 Å². The van der Waals surface area contributed by atoms with Crippen LogP contribution in [0.3, 0.4) is 0 Å². The first-order valence-electron chi connectivity index (χ1n) is 7.71. The summed E-state index contributed by atoms with van der Waals surface area (Å²) >= 11 is 0. The number of aryl methyl sites for hydroxylation is 4. The summed E-state index contributed by atoms with van der Waals surface area (Å²) in [5.41, 5.74) is 3.53. The van der Waals surface area contributed by atoms with Crippen molar-refractivity contribution in [3.8, 4) is 11.6 Å². The van der Waals surface area contributed by atoms with E-state index in [1.807, 2.05) is 51.2 Å². The lowest BCUT2D eigenvalue weighted by Gasteiger charge is -2.04. The van der Waals surface area contributed by atoms with Gasteiger partial charge in [-0.3, -0.25) is 9.48 Å². The SMILES string of the molecule is Cc1cccc(NC(=O)CCc2nnc(-c3cc(C)nn3C)o2)c1. The third-order valence-electron chi connectivity index (χ3n) is 3.56. The smallest absolute Gasteiger partial charge is 0.265 e. The van der Waals surface area contributed by atoms with Crippen LogP contribution in [-0.4, -0.2) is 25.9 Å². The number of carbonyl (C=O) groups is 1. The number of carbonyl (C=O) groups excluding carboxylic acids is 1. The van der Waals surface area contributed by atoms with Crippen LogP contribution in [0.25, 0.3) is 11.6 Å². The molecule has 0 radical (unpaired) electrons. The maximum Gasteiger partial charge on any atom is 0.265 e. The van der Waals surface area contributed by atoms with Crippen molar-refractivity contribution in [3.63, 3.8) is 0 Å². The highest BCUT2D eigenvalue weighted by Crippen LogP contribution is 2.18. The van der Waals surface area contributed by atoms with Gasteiger partial charge in [-0.05, 0) is 37.6 Å². The Morgan fingerprint density at radius 3 is 2.79 bits per heavy atom. The van der Waals surface area contributed by atoms with Crippen LogP contribution in [0.2, 0.25) is 0 Å². The van der Waals surface area contributed by atoms with E-state index in [0.29, 0.717) is 18.2 Å². The second-order valence-corrected chi connectivity index (χ2v) is 5.71. The number of nitrogens with zero attached hydrogens (tertiary/aromatic N) is 4. The Balaban J connectivity index is 1.59. The number of rotatable bonds is 5. The number of nitrogens with one attached hydrogen (secondary N) is 1. The zero-order valence-electron chi connectivity index (χ0n) is 13.9. The maximum atomic E-state index is 12.0. The van der Waals surface area contributed by atoms with Gasteiger partial charge in [0.1, 0.15) is 5.69 Å². The summed E-state index contributed by atoms with van der Waals surface area (Å²) in [6, 6.07) is 9.55. The summed E-state index contributed by atoms with van der Waals surface area (Å²) < 4.78 is 7.31. The molecule has 0 fully saturated rings. The van der Waals surface area contributed by atoms with E-state index in [1.165, 1.54) is 0 Å². The Labute approximate surface area is 139 Å². The molecule has 0 saturated carbocycles. The fourth-order valence-electron chi connectivity index (χ4n) is 2.44. The Kier molecular flexibility index (Phi) is 4.41.